The van der Waals surface area contributed by atoms with Gasteiger partial charge >= 0.3 is 0 Å². The maximum Gasteiger partial charge on any atom is 0.162 e. The molecule has 94 valence electrons. The lowest BCUT2D eigenvalue weighted by Crippen LogP contribution is -2.30. The van der Waals surface area contributed by atoms with Gasteiger partial charge in [0.05, 0.1) is 0 Å². The molecule has 1 aromatic rings. The minimum atomic E-state index is -0.0898. The number of hydrogen-bond acceptors (Lipinski definition) is 2. The summed E-state index contributed by atoms with van der Waals surface area (Å²) < 4.78 is 11.6. The first-order valence-corrected chi connectivity index (χ1v) is 6.06. The van der Waals surface area contributed by atoms with Gasteiger partial charge in [-0.25, -0.2) is 0 Å². The average molecular weight is 242 g/mol. The van der Waals surface area contributed by atoms with Gasteiger partial charge in [-0.15, -0.1) is 0 Å². The number of ether oxygens (including phenoxy) is 2. The predicted molar refractivity (Wildman–Crippen MR) is 74.1 cm³/mol. The maximum absolute atomic E-state index is 5.92. The van der Waals surface area contributed by atoms with E-state index in [1.807, 2.05) is 36.4 Å². The van der Waals surface area contributed by atoms with Gasteiger partial charge in [0.2, 0.25) is 0 Å². The molecule has 2 heteroatoms. The summed E-state index contributed by atoms with van der Waals surface area (Å²) in [6.07, 6.45) is 5.82. The molecule has 0 spiro atoms. The first kappa shape index (κ1) is 12.5. The van der Waals surface area contributed by atoms with Gasteiger partial charge in [0.25, 0.3) is 0 Å². The van der Waals surface area contributed by atoms with E-state index in [4.69, 9.17) is 9.47 Å². The first-order chi connectivity index (χ1) is 8.70. The summed E-state index contributed by atoms with van der Waals surface area (Å²) in [6.45, 7) is 8.48. The van der Waals surface area contributed by atoms with E-state index in [1.54, 1.807) is 0 Å². The topological polar surface area (TPSA) is 18.5 Å². The smallest absolute Gasteiger partial charge is 0.162 e. The van der Waals surface area contributed by atoms with Gasteiger partial charge in [-0.1, -0.05) is 42.5 Å². The lowest BCUT2D eigenvalue weighted by Gasteiger charge is -2.27. The molecule has 1 aromatic carbocycles. The Balaban J connectivity index is 2.19. The Kier molecular flexibility index (Phi) is 3.88. The van der Waals surface area contributed by atoms with Gasteiger partial charge in [-0.05, 0) is 31.6 Å². The number of rotatable bonds is 3. The van der Waals surface area contributed by atoms with Crippen LogP contribution in [0.1, 0.15) is 13.8 Å². The molecule has 1 aliphatic heterocycles. The zero-order valence-electron chi connectivity index (χ0n) is 10.8. The van der Waals surface area contributed by atoms with Crippen molar-refractivity contribution in [3.8, 4) is 11.5 Å². The van der Waals surface area contributed by atoms with E-state index in [1.165, 1.54) is 5.57 Å². The molecule has 2 nitrogen and oxygen atoms in total. The Hall–Kier alpha value is -1.96. The summed E-state index contributed by atoms with van der Waals surface area (Å²) >= 11 is 0. The van der Waals surface area contributed by atoms with Crippen molar-refractivity contribution in [2.75, 3.05) is 6.61 Å². The second kappa shape index (κ2) is 5.58. The van der Waals surface area contributed by atoms with Gasteiger partial charge in [-0.2, -0.15) is 0 Å². The highest BCUT2D eigenvalue weighted by Crippen LogP contribution is 2.32. The molecule has 0 bridgehead atoms. The highest BCUT2D eigenvalue weighted by atomic mass is 16.6. The molecule has 1 heterocycles. The number of fused-ring (bicyclic) bond motifs is 1. The van der Waals surface area contributed by atoms with Crippen LogP contribution in [0.3, 0.4) is 0 Å². The minimum absolute atomic E-state index is 0.0898. The van der Waals surface area contributed by atoms with Gasteiger partial charge in [0.1, 0.15) is 6.61 Å². The number of hydrogen-bond donors (Lipinski definition) is 0. The number of allylic oxidation sites excluding steroid dienone is 3. The van der Waals surface area contributed by atoms with E-state index >= 15 is 0 Å². The fourth-order valence-corrected chi connectivity index (χ4v) is 1.75. The molecule has 0 N–H and O–H groups in total. The second-order valence-electron chi connectivity index (χ2n) is 4.48. The van der Waals surface area contributed by atoms with Crippen LogP contribution in [-0.2, 0) is 0 Å². The summed E-state index contributed by atoms with van der Waals surface area (Å²) in [5, 5.41) is 0. The van der Waals surface area contributed by atoms with E-state index in [-0.39, 0.29) is 6.10 Å². The van der Waals surface area contributed by atoms with Crippen LogP contribution in [0.4, 0.5) is 0 Å². The number of para-hydroxylation sites is 2. The fraction of sp³-hybridized carbons (Fsp3) is 0.250. The van der Waals surface area contributed by atoms with E-state index < -0.39 is 0 Å². The zero-order chi connectivity index (χ0) is 13.0. The molecule has 0 saturated carbocycles. The van der Waals surface area contributed by atoms with E-state index in [2.05, 4.69) is 26.5 Å². The van der Waals surface area contributed by atoms with Crippen LogP contribution in [-0.4, -0.2) is 12.7 Å². The van der Waals surface area contributed by atoms with Gasteiger partial charge in [0, 0.05) is 0 Å². The molecule has 0 radical (unpaired) electrons. The molecule has 1 unspecified atom stereocenters. The van der Waals surface area contributed by atoms with E-state index in [0.717, 1.165) is 17.1 Å². The zero-order valence-corrected chi connectivity index (χ0v) is 10.8. The third kappa shape index (κ3) is 2.83. The van der Waals surface area contributed by atoms with Crippen LogP contribution < -0.4 is 9.47 Å². The van der Waals surface area contributed by atoms with E-state index in [0.29, 0.717) is 6.61 Å². The SMILES string of the molecule is C=CC(=CC=C(C)C)C1COc2ccccc2O1. The van der Waals surface area contributed by atoms with Crippen LogP contribution in [0.15, 0.2) is 60.2 Å². The van der Waals surface area contributed by atoms with Crippen molar-refractivity contribution in [2.24, 2.45) is 0 Å². The summed E-state index contributed by atoms with van der Waals surface area (Å²) in [6, 6.07) is 7.72. The van der Waals surface area contributed by atoms with E-state index in [9.17, 15) is 0 Å². The summed E-state index contributed by atoms with van der Waals surface area (Å²) in [7, 11) is 0. The molecule has 18 heavy (non-hydrogen) atoms. The Morgan fingerprint density at radius 2 is 1.94 bits per heavy atom. The molecule has 0 saturated heterocycles. The van der Waals surface area contributed by atoms with Crippen molar-refractivity contribution in [3.05, 3.63) is 60.2 Å². The minimum Gasteiger partial charge on any atom is -0.485 e. The predicted octanol–water partition coefficient (Wildman–Crippen LogP) is 3.91. The molecule has 1 atom stereocenters. The molecule has 0 fully saturated rings. The van der Waals surface area contributed by atoms with Crippen LogP contribution in [0.5, 0.6) is 11.5 Å². The number of benzene rings is 1. The van der Waals surface area contributed by atoms with Crippen LogP contribution >= 0.6 is 0 Å². The van der Waals surface area contributed by atoms with Crippen molar-refractivity contribution in [1.82, 2.24) is 0 Å². The van der Waals surface area contributed by atoms with Crippen LogP contribution in [0, 0.1) is 0 Å². The monoisotopic (exact) mass is 242 g/mol. The van der Waals surface area contributed by atoms with Crippen LogP contribution in [0.2, 0.25) is 0 Å². The molecular formula is C16H18O2. The standard InChI is InChI=1S/C16H18O2/c1-4-13(10-9-12(2)3)16-11-17-14-7-5-6-8-15(14)18-16/h4-10,16H,1,11H2,2-3H3. The summed E-state index contributed by atoms with van der Waals surface area (Å²) in [5.41, 5.74) is 2.28. The highest BCUT2D eigenvalue weighted by Gasteiger charge is 2.22. The second-order valence-corrected chi connectivity index (χ2v) is 4.48. The third-order valence-corrected chi connectivity index (χ3v) is 2.73. The van der Waals surface area contributed by atoms with Crippen molar-refractivity contribution >= 4 is 0 Å². The Bertz CT molecular complexity index is 494. The fourth-order valence-electron chi connectivity index (χ4n) is 1.75. The summed E-state index contributed by atoms with van der Waals surface area (Å²) in [4.78, 5) is 0. The Labute approximate surface area is 108 Å². The summed E-state index contributed by atoms with van der Waals surface area (Å²) in [5.74, 6) is 1.60. The normalized spacial score (nSPS) is 18.1. The highest BCUT2D eigenvalue weighted by molar-refractivity contribution is 5.42. The molecular weight excluding hydrogens is 224 g/mol. The van der Waals surface area contributed by atoms with Crippen molar-refractivity contribution < 1.29 is 9.47 Å². The quantitative estimate of drug-likeness (QED) is 0.748. The lowest BCUT2D eigenvalue weighted by molar-refractivity contribution is 0.117. The van der Waals surface area contributed by atoms with Crippen molar-refractivity contribution in [1.29, 1.82) is 0 Å². The maximum atomic E-state index is 5.92. The van der Waals surface area contributed by atoms with Gasteiger partial charge in [-0.3, -0.25) is 0 Å². The molecule has 2 rings (SSSR count). The van der Waals surface area contributed by atoms with Gasteiger partial charge < -0.3 is 9.47 Å². The third-order valence-electron chi connectivity index (χ3n) is 2.73. The first-order valence-electron chi connectivity index (χ1n) is 6.06. The van der Waals surface area contributed by atoms with Gasteiger partial charge in [0.15, 0.2) is 17.6 Å². The Morgan fingerprint density at radius 3 is 2.61 bits per heavy atom. The largest absolute Gasteiger partial charge is 0.485 e. The molecule has 0 aliphatic carbocycles. The van der Waals surface area contributed by atoms with Crippen molar-refractivity contribution in [3.63, 3.8) is 0 Å². The molecule has 1 aliphatic rings. The lowest BCUT2D eigenvalue weighted by atomic mass is 10.1. The van der Waals surface area contributed by atoms with Crippen LogP contribution in [0.25, 0.3) is 0 Å². The van der Waals surface area contributed by atoms with Crippen molar-refractivity contribution in [2.45, 2.75) is 20.0 Å². The molecule has 0 aromatic heterocycles. The Morgan fingerprint density at radius 1 is 1.22 bits per heavy atom. The average Bonchev–Trinajstić information content (AvgIpc) is 2.39. The molecule has 0 amide bonds.